The van der Waals surface area contributed by atoms with Crippen molar-refractivity contribution in [3.8, 4) is 0 Å². The summed E-state index contributed by atoms with van der Waals surface area (Å²) >= 11 is 5.92. The molecule has 3 rings (SSSR count). The molecule has 2 aromatic rings. The largest absolute Gasteiger partial charge is 0.311 e. The predicted octanol–water partition coefficient (Wildman–Crippen LogP) is 4.03. The van der Waals surface area contributed by atoms with Gasteiger partial charge < -0.3 is 5.32 Å². The fourth-order valence-corrected chi connectivity index (χ4v) is 3.24. The Labute approximate surface area is 126 Å². The third kappa shape index (κ3) is 3.23. The molecule has 0 saturated heterocycles. The molecule has 0 saturated carbocycles. The zero-order valence-electron chi connectivity index (χ0n) is 11.8. The van der Waals surface area contributed by atoms with Gasteiger partial charge in [0, 0.05) is 17.1 Å². The van der Waals surface area contributed by atoms with Gasteiger partial charge in [-0.2, -0.15) is 0 Å². The summed E-state index contributed by atoms with van der Waals surface area (Å²) in [5, 5.41) is 4.56. The van der Waals surface area contributed by atoms with E-state index >= 15 is 0 Å². The van der Waals surface area contributed by atoms with Crippen LogP contribution in [0.25, 0.3) is 0 Å². The maximum atomic E-state index is 5.92. The number of nitrogens with one attached hydrogen (secondary N) is 1. The molecule has 2 aromatic carbocycles. The molecule has 2 heteroatoms. The van der Waals surface area contributed by atoms with Gasteiger partial charge in [0.15, 0.2) is 0 Å². The lowest BCUT2D eigenvalue weighted by molar-refractivity contribution is 0.454. The molecule has 0 heterocycles. The summed E-state index contributed by atoms with van der Waals surface area (Å²) in [4.78, 5) is 0. The number of halogens is 1. The highest BCUT2D eigenvalue weighted by molar-refractivity contribution is 6.30. The predicted molar refractivity (Wildman–Crippen MR) is 85.4 cm³/mol. The van der Waals surface area contributed by atoms with E-state index in [0.717, 1.165) is 24.3 Å². The SMILES string of the molecule is CC(Cc1ccc(Cl)cc1)NC1Cc2ccccc2C1. The molecule has 1 unspecified atom stereocenters. The monoisotopic (exact) mass is 285 g/mol. The molecule has 0 radical (unpaired) electrons. The van der Waals surface area contributed by atoms with Crippen LogP contribution in [0, 0.1) is 0 Å². The molecule has 20 heavy (non-hydrogen) atoms. The van der Waals surface area contributed by atoms with Crippen molar-refractivity contribution in [1.82, 2.24) is 5.32 Å². The van der Waals surface area contributed by atoms with Crippen LogP contribution in [0.3, 0.4) is 0 Å². The number of benzene rings is 2. The van der Waals surface area contributed by atoms with Gasteiger partial charge in [-0.1, -0.05) is 48.0 Å². The molecule has 0 aliphatic heterocycles. The molecular weight excluding hydrogens is 266 g/mol. The average molecular weight is 286 g/mol. The summed E-state index contributed by atoms with van der Waals surface area (Å²) in [6, 6.07) is 18.0. The third-order valence-electron chi connectivity index (χ3n) is 4.03. The molecule has 1 aliphatic carbocycles. The minimum atomic E-state index is 0.482. The Hall–Kier alpha value is -1.31. The van der Waals surface area contributed by atoms with Crippen molar-refractivity contribution >= 4 is 11.6 Å². The molecule has 104 valence electrons. The van der Waals surface area contributed by atoms with Gasteiger partial charge in [-0.15, -0.1) is 0 Å². The van der Waals surface area contributed by atoms with E-state index in [4.69, 9.17) is 11.6 Å². The Kier molecular flexibility index (Phi) is 4.09. The van der Waals surface area contributed by atoms with Crippen LogP contribution in [-0.2, 0) is 19.3 Å². The zero-order chi connectivity index (χ0) is 13.9. The average Bonchev–Trinajstić information content (AvgIpc) is 2.83. The van der Waals surface area contributed by atoms with Crippen LogP contribution >= 0.6 is 11.6 Å². The van der Waals surface area contributed by atoms with Crippen molar-refractivity contribution in [1.29, 1.82) is 0 Å². The Morgan fingerprint density at radius 1 is 1.05 bits per heavy atom. The minimum Gasteiger partial charge on any atom is -0.311 e. The maximum Gasteiger partial charge on any atom is 0.0406 e. The lowest BCUT2D eigenvalue weighted by atomic mass is 10.1. The second-order valence-electron chi connectivity index (χ2n) is 5.77. The van der Waals surface area contributed by atoms with Crippen LogP contribution in [0.15, 0.2) is 48.5 Å². The van der Waals surface area contributed by atoms with Crippen molar-refractivity contribution in [3.05, 3.63) is 70.2 Å². The highest BCUT2D eigenvalue weighted by atomic mass is 35.5. The molecule has 1 N–H and O–H groups in total. The van der Waals surface area contributed by atoms with Crippen molar-refractivity contribution in [3.63, 3.8) is 0 Å². The van der Waals surface area contributed by atoms with E-state index in [1.54, 1.807) is 0 Å². The van der Waals surface area contributed by atoms with Gasteiger partial charge >= 0.3 is 0 Å². The van der Waals surface area contributed by atoms with E-state index in [-0.39, 0.29) is 0 Å². The second-order valence-corrected chi connectivity index (χ2v) is 6.21. The number of fused-ring (bicyclic) bond motifs is 1. The van der Waals surface area contributed by atoms with Crippen LogP contribution in [0.1, 0.15) is 23.6 Å². The standard InChI is InChI=1S/C18H20ClN/c1-13(10-14-6-8-17(19)9-7-14)20-18-11-15-4-2-3-5-16(15)12-18/h2-9,13,18,20H,10-12H2,1H3. The first-order valence-electron chi connectivity index (χ1n) is 7.28. The summed E-state index contributed by atoms with van der Waals surface area (Å²) in [6.45, 7) is 2.26. The van der Waals surface area contributed by atoms with Crippen LogP contribution in [0.5, 0.6) is 0 Å². The molecule has 0 aromatic heterocycles. The Morgan fingerprint density at radius 3 is 2.25 bits per heavy atom. The van der Waals surface area contributed by atoms with Crippen molar-refractivity contribution < 1.29 is 0 Å². The van der Waals surface area contributed by atoms with Gasteiger partial charge in [0.2, 0.25) is 0 Å². The Bertz CT molecular complexity index is 551. The summed E-state index contributed by atoms with van der Waals surface area (Å²) < 4.78 is 0. The smallest absolute Gasteiger partial charge is 0.0406 e. The van der Waals surface area contributed by atoms with Gasteiger partial charge in [-0.3, -0.25) is 0 Å². The maximum absolute atomic E-state index is 5.92. The molecular formula is C18H20ClN. The summed E-state index contributed by atoms with van der Waals surface area (Å²) in [6.07, 6.45) is 3.35. The van der Waals surface area contributed by atoms with Crippen molar-refractivity contribution in [2.45, 2.75) is 38.3 Å². The zero-order valence-corrected chi connectivity index (χ0v) is 12.5. The van der Waals surface area contributed by atoms with Crippen LogP contribution < -0.4 is 5.32 Å². The second kappa shape index (κ2) is 5.99. The van der Waals surface area contributed by atoms with Crippen LogP contribution in [0.2, 0.25) is 5.02 Å². The van der Waals surface area contributed by atoms with E-state index in [2.05, 4.69) is 48.6 Å². The number of rotatable bonds is 4. The van der Waals surface area contributed by atoms with Crippen LogP contribution in [0.4, 0.5) is 0 Å². The molecule has 0 bridgehead atoms. The molecule has 1 atom stereocenters. The quantitative estimate of drug-likeness (QED) is 0.894. The van der Waals surface area contributed by atoms with Gasteiger partial charge in [0.25, 0.3) is 0 Å². The summed E-state index contributed by atoms with van der Waals surface area (Å²) in [5.74, 6) is 0. The topological polar surface area (TPSA) is 12.0 Å². The van der Waals surface area contributed by atoms with Crippen molar-refractivity contribution in [2.75, 3.05) is 0 Å². The highest BCUT2D eigenvalue weighted by Crippen LogP contribution is 2.22. The van der Waals surface area contributed by atoms with Gasteiger partial charge in [-0.05, 0) is 55.0 Å². The van der Waals surface area contributed by atoms with Gasteiger partial charge in [0.05, 0.1) is 0 Å². The lowest BCUT2D eigenvalue weighted by Crippen LogP contribution is -2.38. The first-order chi connectivity index (χ1) is 9.70. The molecule has 1 aliphatic rings. The van der Waals surface area contributed by atoms with Crippen LogP contribution in [-0.4, -0.2) is 12.1 Å². The van der Waals surface area contributed by atoms with Crippen molar-refractivity contribution in [2.24, 2.45) is 0 Å². The molecule has 0 amide bonds. The van der Waals surface area contributed by atoms with E-state index in [1.165, 1.54) is 16.7 Å². The minimum absolute atomic E-state index is 0.482. The van der Waals surface area contributed by atoms with E-state index in [1.807, 2.05) is 12.1 Å². The summed E-state index contributed by atoms with van der Waals surface area (Å²) in [5.41, 5.74) is 4.34. The number of hydrogen-bond acceptors (Lipinski definition) is 1. The fraction of sp³-hybridized carbons (Fsp3) is 0.333. The normalized spacial score (nSPS) is 16.1. The first kappa shape index (κ1) is 13.7. The lowest BCUT2D eigenvalue weighted by Gasteiger charge is -2.19. The first-order valence-corrected chi connectivity index (χ1v) is 7.66. The molecule has 1 nitrogen and oxygen atoms in total. The van der Waals surface area contributed by atoms with E-state index in [9.17, 15) is 0 Å². The van der Waals surface area contributed by atoms with Gasteiger partial charge in [-0.25, -0.2) is 0 Å². The number of hydrogen-bond donors (Lipinski definition) is 1. The highest BCUT2D eigenvalue weighted by Gasteiger charge is 2.21. The molecule has 0 spiro atoms. The van der Waals surface area contributed by atoms with E-state index < -0.39 is 0 Å². The van der Waals surface area contributed by atoms with Gasteiger partial charge in [0.1, 0.15) is 0 Å². The third-order valence-corrected chi connectivity index (χ3v) is 4.28. The summed E-state index contributed by atoms with van der Waals surface area (Å²) in [7, 11) is 0. The Morgan fingerprint density at radius 2 is 1.65 bits per heavy atom. The Balaban J connectivity index is 1.55. The molecule has 0 fully saturated rings. The fourth-order valence-electron chi connectivity index (χ4n) is 3.11. The van der Waals surface area contributed by atoms with E-state index in [0.29, 0.717) is 12.1 Å².